The van der Waals surface area contributed by atoms with Crippen molar-refractivity contribution < 1.29 is 0 Å². The van der Waals surface area contributed by atoms with Gasteiger partial charge in [-0.2, -0.15) is 0 Å². The van der Waals surface area contributed by atoms with Crippen molar-refractivity contribution in [1.82, 2.24) is 59.8 Å². The normalized spacial score (nSPS) is 11.7. The maximum atomic E-state index is 5.26. The van der Waals surface area contributed by atoms with E-state index in [1.165, 1.54) is 0 Å². The van der Waals surface area contributed by atoms with Gasteiger partial charge in [-0.15, -0.1) is 0 Å². The number of pyridine rings is 12. The van der Waals surface area contributed by atoms with E-state index in [2.05, 4.69) is 324 Å². The lowest BCUT2D eigenvalue weighted by Crippen LogP contribution is -1.92. The summed E-state index contributed by atoms with van der Waals surface area (Å²) in [6.45, 7) is 0. The van der Waals surface area contributed by atoms with E-state index < -0.39 is 0 Å². The lowest BCUT2D eigenvalue weighted by atomic mass is 9.95. The zero-order valence-electron chi connectivity index (χ0n) is 63.2. The Bertz CT molecular complexity index is 8280. The van der Waals surface area contributed by atoms with E-state index in [4.69, 9.17) is 44.9 Å². The Morgan fingerprint density at radius 2 is 0.407 bits per heavy atom. The van der Waals surface area contributed by atoms with Crippen LogP contribution in [0.2, 0.25) is 0 Å². The average molecular weight is 1500 g/mol. The van der Waals surface area contributed by atoms with E-state index in [1.54, 1.807) is 0 Å². The van der Waals surface area contributed by atoms with Gasteiger partial charge in [-0.25, -0.2) is 39.9 Å². The Kier molecular flexibility index (Phi) is 16.0. The predicted octanol–water partition coefficient (Wildman–Crippen LogP) is 26.1. The first-order valence-electron chi connectivity index (χ1n) is 39.3. The van der Waals surface area contributed by atoms with E-state index in [1.807, 2.05) is 67.3 Å². The summed E-state index contributed by atoms with van der Waals surface area (Å²) in [7, 11) is 0. The molecule has 0 atom stereocenters. The average Bonchev–Trinajstić information content (AvgIpc) is 0.765. The first-order chi connectivity index (χ1) is 58.4. The summed E-state index contributed by atoms with van der Waals surface area (Å²) in [6, 6.07) is 122. The molecule has 546 valence electrons. The Morgan fingerprint density at radius 3 is 0.856 bits per heavy atom. The molecule has 0 fully saturated rings. The Labute approximate surface area is 675 Å². The highest BCUT2D eigenvalue weighted by molar-refractivity contribution is 6.12. The van der Waals surface area contributed by atoms with Crippen molar-refractivity contribution in [2.24, 2.45) is 0 Å². The summed E-state index contributed by atoms with van der Waals surface area (Å²) in [6.07, 6.45) is 7.31. The fourth-order valence-electron chi connectivity index (χ4n) is 16.8. The standard InChI is InChI=1S/C54H32N6.C52H30N6/c1-2-6-34(7-3-1)46-26-22-38-16-17-39-23-27-48(60-53(39)52(38)59-46)41-19-15-37-21-25-47(58-50(37)32-41)40-18-14-36-20-24-45(57-49(36)31-40)35-12-10-33(11-13-35)44-30-42-8-4-28-55-51(42)54-43(44)9-5-29-56-54;1-2-8-40-39(7-1)41(21-22-42(40)46-26-20-36-14-12-34-6-4-28-54-50(34)52(36)58-46)45-25-18-32-9-15-37(29-48(32)56-45)43-23-17-31-10-16-38(30-47(31)55-43)44-24-19-35-13-11-33-5-3-27-53-49(33)51(35)57-44/h1-32H;1-30H. The molecule has 12 nitrogen and oxygen atoms in total. The molecule has 12 aromatic carbocycles. The van der Waals surface area contributed by atoms with Crippen LogP contribution in [0.4, 0.5) is 0 Å². The van der Waals surface area contributed by atoms with Crippen LogP contribution in [-0.4, -0.2) is 59.8 Å². The van der Waals surface area contributed by atoms with E-state index in [9.17, 15) is 0 Å². The quantitative estimate of drug-likeness (QED) is 0.126. The van der Waals surface area contributed by atoms with Crippen LogP contribution in [0.15, 0.2) is 377 Å². The molecule has 12 heterocycles. The minimum Gasteiger partial charge on any atom is -0.254 e. The molecule has 0 aliphatic rings. The molecule has 0 N–H and O–H groups in total. The van der Waals surface area contributed by atoms with Gasteiger partial charge in [0.05, 0.1) is 112 Å². The fraction of sp³-hybridized carbons (Fsp3) is 0. The van der Waals surface area contributed by atoms with Crippen molar-refractivity contribution in [2.45, 2.75) is 0 Å². The zero-order valence-corrected chi connectivity index (χ0v) is 63.2. The maximum absolute atomic E-state index is 5.26. The number of nitrogens with zero attached hydrogens (tertiary/aromatic N) is 12. The molecule has 24 rings (SSSR count). The summed E-state index contributed by atoms with van der Waals surface area (Å²) in [5.41, 5.74) is 28.7. The number of rotatable bonds is 9. The molecule has 0 aliphatic carbocycles. The summed E-state index contributed by atoms with van der Waals surface area (Å²) >= 11 is 0. The van der Waals surface area contributed by atoms with Crippen molar-refractivity contribution in [3.05, 3.63) is 377 Å². The predicted molar refractivity (Wildman–Crippen MR) is 483 cm³/mol. The molecular weight excluding hydrogens is 1440 g/mol. The number of aromatic nitrogens is 12. The van der Waals surface area contributed by atoms with Crippen molar-refractivity contribution in [3.63, 3.8) is 0 Å². The van der Waals surface area contributed by atoms with Gasteiger partial charge in [0.2, 0.25) is 0 Å². The smallest absolute Gasteiger partial charge is 0.0972 e. The van der Waals surface area contributed by atoms with Crippen LogP contribution in [0.1, 0.15) is 0 Å². The van der Waals surface area contributed by atoms with Crippen LogP contribution in [0.25, 0.3) is 243 Å². The molecule has 12 aromatic heterocycles. The highest BCUT2D eigenvalue weighted by Gasteiger charge is 2.19. The van der Waals surface area contributed by atoms with E-state index in [0.29, 0.717) is 0 Å². The van der Waals surface area contributed by atoms with E-state index in [0.717, 1.165) is 243 Å². The first kappa shape index (κ1) is 67.5. The summed E-state index contributed by atoms with van der Waals surface area (Å²) < 4.78 is 0. The van der Waals surface area contributed by atoms with Crippen molar-refractivity contribution >= 4 is 142 Å². The first-order valence-corrected chi connectivity index (χ1v) is 39.3. The molecule has 0 spiro atoms. The van der Waals surface area contributed by atoms with Gasteiger partial charge in [-0.05, 0) is 125 Å². The maximum Gasteiger partial charge on any atom is 0.0972 e. The molecule has 24 aromatic rings. The third-order valence-corrected chi connectivity index (χ3v) is 22.8. The molecule has 118 heavy (non-hydrogen) atoms. The molecule has 12 heteroatoms. The molecule has 0 unspecified atom stereocenters. The third-order valence-electron chi connectivity index (χ3n) is 22.8. The molecule has 0 saturated heterocycles. The van der Waals surface area contributed by atoms with Crippen molar-refractivity contribution in [1.29, 1.82) is 0 Å². The Hall–Kier alpha value is -16.2. The van der Waals surface area contributed by atoms with Crippen LogP contribution in [0, 0.1) is 0 Å². The van der Waals surface area contributed by atoms with Crippen molar-refractivity contribution in [3.8, 4) is 101 Å². The van der Waals surface area contributed by atoms with Gasteiger partial charge in [0.15, 0.2) is 0 Å². The van der Waals surface area contributed by atoms with Crippen LogP contribution < -0.4 is 0 Å². The number of hydrogen-bond acceptors (Lipinski definition) is 12. The highest BCUT2D eigenvalue weighted by atomic mass is 14.8. The molecule has 0 bridgehead atoms. The second-order valence-corrected chi connectivity index (χ2v) is 29.9. The fourth-order valence-corrected chi connectivity index (χ4v) is 16.8. The van der Waals surface area contributed by atoms with Crippen LogP contribution >= 0.6 is 0 Å². The van der Waals surface area contributed by atoms with Gasteiger partial charge in [-0.3, -0.25) is 19.9 Å². The summed E-state index contributed by atoms with van der Waals surface area (Å²) in [4.78, 5) is 60.0. The second-order valence-electron chi connectivity index (χ2n) is 29.9. The molecule has 0 aliphatic heterocycles. The SMILES string of the molecule is c1ccc(-c2ccc3ccc4ccc(-c5ccc6ccc(-c7ccc8ccc(-c9ccc(-c%10cc%11cccnc%11c%11ncccc%10%11)cc9)nc8c7)nc6c5)nc4c3n2)cc1.c1cnc2c(c1)ccc1ccc(-c3ccc4ccc(-c5ccc6ccc(-c7ccc(-c8ccc9ccc%10cccnc%10c9n8)c8ccccc78)nc6c5)nc4c3)nc12. The lowest BCUT2D eigenvalue weighted by molar-refractivity contribution is 1.36. The van der Waals surface area contributed by atoms with Gasteiger partial charge >= 0.3 is 0 Å². The van der Waals surface area contributed by atoms with Crippen molar-refractivity contribution in [2.75, 3.05) is 0 Å². The summed E-state index contributed by atoms with van der Waals surface area (Å²) in [5.74, 6) is 0. The summed E-state index contributed by atoms with van der Waals surface area (Å²) in [5, 5.41) is 15.1. The van der Waals surface area contributed by atoms with Gasteiger partial charge in [0.1, 0.15) is 0 Å². The minimum atomic E-state index is 0.881. The van der Waals surface area contributed by atoms with Gasteiger partial charge < -0.3 is 0 Å². The van der Waals surface area contributed by atoms with Crippen LogP contribution in [0.3, 0.4) is 0 Å². The van der Waals surface area contributed by atoms with Gasteiger partial charge in [0, 0.05) is 134 Å². The monoisotopic (exact) mass is 1500 g/mol. The van der Waals surface area contributed by atoms with Gasteiger partial charge in [-0.1, -0.05) is 249 Å². The van der Waals surface area contributed by atoms with Crippen LogP contribution in [0.5, 0.6) is 0 Å². The number of fused-ring (bicyclic) bond motifs is 17. The Balaban J connectivity index is 0.000000138. The number of hydrogen-bond donors (Lipinski definition) is 0. The Morgan fingerprint density at radius 1 is 0.136 bits per heavy atom. The zero-order chi connectivity index (χ0) is 77.7. The minimum absolute atomic E-state index is 0.881. The second kappa shape index (κ2) is 27.9. The highest BCUT2D eigenvalue weighted by Crippen LogP contribution is 2.41. The number of benzene rings is 12. The van der Waals surface area contributed by atoms with Gasteiger partial charge in [0.25, 0.3) is 0 Å². The van der Waals surface area contributed by atoms with E-state index >= 15 is 0 Å². The third kappa shape index (κ3) is 12.0. The van der Waals surface area contributed by atoms with Crippen LogP contribution in [-0.2, 0) is 0 Å². The lowest BCUT2D eigenvalue weighted by Gasteiger charge is -2.13. The largest absolute Gasteiger partial charge is 0.254 e. The molecular formula is C106H62N12. The molecule has 0 radical (unpaired) electrons. The molecule has 0 saturated carbocycles. The topological polar surface area (TPSA) is 155 Å². The molecule has 0 amide bonds. The van der Waals surface area contributed by atoms with E-state index in [-0.39, 0.29) is 0 Å².